The first-order valence-corrected chi connectivity index (χ1v) is 20.0. The fourth-order valence-electron chi connectivity index (χ4n) is 8.13. The topological polar surface area (TPSA) is 92.3 Å². The van der Waals surface area contributed by atoms with Crippen LogP contribution in [-0.2, 0) is 15.9 Å². The van der Waals surface area contributed by atoms with Crippen molar-refractivity contribution in [2.24, 2.45) is 17.8 Å². The van der Waals surface area contributed by atoms with Crippen molar-refractivity contribution in [1.82, 2.24) is 10.0 Å². The molecule has 4 heterocycles. The Morgan fingerprint density at radius 2 is 1.78 bits per heavy atom. The lowest BCUT2D eigenvalue weighted by molar-refractivity contribution is -0.224. The lowest BCUT2D eigenvalue weighted by atomic mass is 9.65. The van der Waals surface area contributed by atoms with E-state index < -0.39 is 6.10 Å². The Kier molecular flexibility index (Phi) is 13.5. The average Bonchev–Trinajstić information content (AvgIpc) is 3.65. The Balaban J connectivity index is 0.000000765. The van der Waals surface area contributed by atoms with Gasteiger partial charge in [0.25, 0.3) is 5.91 Å². The molecule has 2 bridgehead atoms. The summed E-state index contributed by atoms with van der Waals surface area (Å²) in [7, 11) is 0. The molecule has 10 heteroatoms. The summed E-state index contributed by atoms with van der Waals surface area (Å²) in [5.74, 6) is 2.10. The Bertz CT molecular complexity index is 1360. The van der Waals surface area contributed by atoms with E-state index in [0.29, 0.717) is 36.3 Å². The van der Waals surface area contributed by atoms with Gasteiger partial charge in [-0.15, -0.1) is 0 Å². The lowest BCUT2D eigenvalue weighted by Gasteiger charge is -2.47. The molecule has 2 aromatic carbocycles. The van der Waals surface area contributed by atoms with Crippen molar-refractivity contribution in [1.29, 1.82) is 0 Å². The van der Waals surface area contributed by atoms with Crippen LogP contribution in [0, 0.1) is 17.8 Å². The van der Waals surface area contributed by atoms with Crippen LogP contribution in [0.15, 0.2) is 36.4 Å². The summed E-state index contributed by atoms with van der Waals surface area (Å²) >= 11 is 7.74. The number of aliphatic hydroxyl groups excluding tert-OH is 1. The number of fused-ring (bicyclic) bond motifs is 2. The van der Waals surface area contributed by atoms with E-state index in [2.05, 4.69) is 34.0 Å². The fourth-order valence-corrected chi connectivity index (χ4v) is 9.03. The van der Waals surface area contributed by atoms with Crippen molar-refractivity contribution in [3.05, 3.63) is 58.1 Å². The molecule has 0 spiro atoms. The Morgan fingerprint density at radius 3 is 2.49 bits per heavy atom. The predicted octanol–water partition coefficient (Wildman–Crippen LogP) is 7.36. The predicted molar refractivity (Wildman–Crippen MR) is 199 cm³/mol. The smallest absolute Gasteiger partial charge is 0.261 e. The summed E-state index contributed by atoms with van der Waals surface area (Å²) in [6, 6.07) is 12.1. The molecule has 2 saturated heterocycles. The molecule has 4 aliphatic heterocycles. The van der Waals surface area contributed by atoms with E-state index in [4.69, 9.17) is 25.8 Å². The number of rotatable bonds is 4. The normalized spacial score (nSPS) is 29.7. The summed E-state index contributed by atoms with van der Waals surface area (Å²) < 4.78 is 21.9. The maximum absolute atomic E-state index is 13.3. The second-order valence-corrected chi connectivity index (χ2v) is 16.1. The van der Waals surface area contributed by atoms with E-state index in [-0.39, 0.29) is 23.4 Å². The molecule has 7 rings (SSSR count). The number of benzene rings is 2. The highest BCUT2D eigenvalue weighted by Crippen LogP contribution is 2.47. The molecular weight excluding hydrogens is 658 g/mol. The third kappa shape index (κ3) is 9.46. The van der Waals surface area contributed by atoms with Gasteiger partial charge >= 0.3 is 0 Å². The second-order valence-electron chi connectivity index (χ2n) is 14.5. The van der Waals surface area contributed by atoms with Crippen LogP contribution >= 0.6 is 23.5 Å². The number of nitrogens with zero attached hydrogens (tertiary/aromatic N) is 1. The van der Waals surface area contributed by atoms with Crippen LogP contribution in [0.1, 0.15) is 99.0 Å². The molecule has 0 radical (unpaired) electrons. The number of nitrogens with one attached hydrogen (secondary N) is 2. The van der Waals surface area contributed by atoms with Crippen LogP contribution < -0.4 is 19.7 Å². The van der Waals surface area contributed by atoms with Crippen molar-refractivity contribution < 1.29 is 24.1 Å². The number of aryl methyl sites for hydroxylation is 1. The minimum absolute atomic E-state index is 0.123. The van der Waals surface area contributed by atoms with Gasteiger partial charge in [0.2, 0.25) is 0 Å². The summed E-state index contributed by atoms with van der Waals surface area (Å²) in [5.41, 5.74) is 4.16. The molecule has 0 aromatic heterocycles. The summed E-state index contributed by atoms with van der Waals surface area (Å²) in [4.78, 5) is 15.8. The first kappa shape index (κ1) is 36.8. The Labute approximate surface area is 302 Å². The van der Waals surface area contributed by atoms with Crippen molar-refractivity contribution >= 4 is 35.1 Å². The maximum Gasteiger partial charge on any atom is 0.261 e. The van der Waals surface area contributed by atoms with Crippen molar-refractivity contribution in [2.75, 3.05) is 50.9 Å². The highest BCUT2D eigenvalue weighted by molar-refractivity contribution is 7.98. The van der Waals surface area contributed by atoms with Gasteiger partial charge in [0.05, 0.1) is 31.6 Å². The Morgan fingerprint density at radius 1 is 0.959 bits per heavy atom. The third-order valence-corrected chi connectivity index (χ3v) is 12.3. The van der Waals surface area contributed by atoms with Gasteiger partial charge in [-0.25, -0.2) is 0 Å². The van der Waals surface area contributed by atoms with Crippen LogP contribution in [0.25, 0.3) is 0 Å². The average molecular weight is 714 g/mol. The number of aliphatic hydroxyl groups is 1. The zero-order valence-corrected chi connectivity index (χ0v) is 30.9. The monoisotopic (exact) mass is 713 g/mol. The van der Waals surface area contributed by atoms with E-state index >= 15 is 0 Å². The molecule has 6 unspecified atom stereocenters. The third-order valence-electron chi connectivity index (χ3n) is 11.1. The lowest BCUT2D eigenvalue weighted by Crippen LogP contribution is -2.47. The zero-order valence-electron chi connectivity index (χ0n) is 29.3. The summed E-state index contributed by atoms with van der Waals surface area (Å²) in [6.45, 7) is 10.4. The van der Waals surface area contributed by atoms with Crippen LogP contribution in [0.3, 0.4) is 0 Å². The van der Waals surface area contributed by atoms with Crippen LogP contribution in [0.5, 0.6) is 5.75 Å². The van der Waals surface area contributed by atoms with E-state index in [1.807, 2.05) is 31.2 Å². The number of anilines is 1. The minimum atomic E-state index is -0.502. The largest absolute Gasteiger partial charge is 0.491 e. The first-order chi connectivity index (χ1) is 23.9. The van der Waals surface area contributed by atoms with Crippen LogP contribution in [0.4, 0.5) is 5.69 Å². The molecule has 8 nitrogen and oxygen atoms in total. The Hall–Kier alpha value is -2.01. The van der Waals surface area contributed by atoms with Gasteiger partial charge in [0.1, 0.15) is 5.75 Å². The molecule has 6 atom stereocenters. The van der Waals surface area contributed by atoms with Crippen molar-refractivity contribution in [2.45, 2.75) is 102 Å². The number of carbonyl (C=O) groups is 1. The van der Waals surface area contributed by atoms with Crippen LogP contribution in [0.2, 0.25) is 5.02 Å². The van der Waals surface area contributed by atoms with E-state index in [0.717, 1.165) is 87.7 Å². The fraction of sp³-hybridized carbons (Fsp3) is 0.667. The minimum Gasteiger partial charge on any atom is -0.491 e. The second kappa shape index (κ2) is 18.0. The zero-order chi connectivity index (χ0) is 34.2. The molecule has 1 amide bonds. The van der Waals surface area contributed by atoms with Gasteiger partial charge in [0.15, 0.2) is 6.29 Å². The van der Waals surface area contributed by atoms with Gasteiger partial charge in [-0.3, -0.25) is 9.52 Å². The number of carbonyl (C=O) groups excluding carboxylic acids is 1. The highest BCUT2D eigenvalue weighted by Gasteiger charge is 2.43. The molecule has 2 aromatic rings. The standard InChI is InChI=1S/C35H47ClN2O5S.C4H9N/c1-3-6-23-17-27(36)11-13-28(23)26-20-38-19-25-9-12-29(25)30(35-41-15-5-16-42-35)7-4-8-32(39)22(2)44-37-34(40)24-10-14-33(43-21-26)31(38)18-24;1-2-4-5-3-1/h10-11,13-14,17-18,22,25-26,29-30,32,35,39H,3-9,12,15-16,19-21H2,1-2H3,(H,37,40);5H,1-4H2. The maximum atomic E-state index is 13.3. The number of ether oxygens (including phenoxy) is 3. The molecule has 3 fully saturated rings. The van der Waals surface area contributed by atoms with Gasteiger partial charge in [0, 0.05) is 40.8 Å². The van der Waals surface area contributed by atoms with Gasteiger partial charge < -0.3 is 29.5 Å². The van der Waals surface area contributed by atoms with E-state index in [1.54, 1.807) is 0 Å². The van der Waals surface area contributed by atoms with Gasteiger partial charge in [-0.2, -0.15) is 0 Å². The van der Waals surface area contributed by atoms with Gasteiger partial charge in [-0.1, -0.05) is 37.4 Å². The van der Waals surface area contributed by atoms with E-state index in [9.17, 15) is 9.90 Å². The van der Waals surface area contributed by atoms with Crippen LogP contribution in [-0.4, -0.2) is 74.7 Å². The first-order valence-electron chi connectivity index (χ1n) is 18.8. The highest BCUT2D eigenvalue weighted by atomic mass is 35.5. The summed E-state index contributed by atoms with van der Waals surface area (Å²) in [5, 5.41) is 14.8. The molecule has 5 aliphatic rings. The number of halogens is 1. The molecule has 270 valence electrons. The van der Waals surface area contributed by atoms with Crippen molar-refractivity contribution in [3.63, 3.8) is 0 Å². The van der Waals surface area contributed by atoms with E-state index in [1.165, 1.54) is 49.0 Å². The molecule has 49 heavy (non-hydrogen) atoms. The number of hydrogen-bond acceptors (Lipinski definition) is 8. The molecular formula is C39H56ClN3O5S. The molecule has 1 saturated carbocycles. The number of amides is 1. The molecule has 1 aliphatic carbocycles. The quantitative estimate of drug-likeness (QED) is 0.283. The van der Waals surface area contributed by atoms with Crippen molar-refractivity contribution in [3.8, 4) is 5.75 Å². The molecule has 3 N–H and O–H groups in total. The SMILES string of the molecule is C1CCNC1.CCCc1cc(Cl)ccc1C1COc2ccc3cc2N(C1)CC1CCC1C(C1OCCCO1)CCCC(O)C(C)SNC3=O. The number of hydrogen-bond donors (Lipinski definition) is 3. The van der Waals surface area contributed by atoms with Gasteiger partial charge in [-0.05, 0) is 137 Å². The summed E-state index contributed by atoms with van der Waals surface area (Å²) in [6.07, 6.45) is 9.93.